The average molecular weight is 591 g/mol. The molecule has 4 aromatic heterocycles. The van der Waals surface area contributed by atoms with Crippen LogP contribution in [0, 0.1) is 13.8 Å². The summed E-state index contributed by atoms with van der Waals surface area (Å²) in [7, 11) is 0. The highest BCUT2D eigenvalue weighted by molar-refractivity contribution is 7.29. The zero-order chi connectivity index (χ0) is 25.4. The van der Waals surface area contributed by atoms with Gasteiger partial charge in [0.15, 0.2) is 46.0 Å². The molecular formula is C26H22O8S4. The molecule has 0 radical (unpaired) electrons. The smallest absolute Gasteiger partial charge is 0.181 e. The lowest BCUT2D eigenvalue weighted by Gasteiger charge is -2.19. The fourth-order valence-electron chi connectivity index (χ4n) is 4.99. The first-order valence-electron chi connectivity index (χ1n) is 12.3. The summed E-state index contributed by atoms with van der Waals surface area (Å²) in [5.74, 6) is 6.19. The molecule has 0 amide bonds. The molecule has 4 aromatic rings. The topological polar surface area (TPSA) is 73.8 Å². The molecule has 0 atom stereocenters. The highest BCUT2D eigenvalue weighted by Gasteiger charge is 2.37. The molecule has 0 unspecified atom stereocenters. The summed E-state index contributed by atoms with van der Waals surface area (Å²) in [6.07, 6.45) is 0. The number of fused-ring (bicyclic) bond motifs is 4. The predicted octanol–water partition coefficient (Wildman–Crippen LogP) is 6.64. The molecule has 0 aliphatic carbocycles. The van der Waals surface area contributed by atoms with Gasteiger partial charge in [0.1, 0.15) is 52.9 Å². The minimum Gasteiger partial charge on any atom is -0.485 e. The zero-order valence-electron chi connectivity index (χ0n) is 20.6. The molecule has 4 aliphatic rings. The fraction of sp³-hybridized carbons (Fsp3) is 0.385. The van der Waals surface area contributed by atoms with E-state index < -0.39 is 0 Å². The third-order valence-corrected chi connectivity index (χ3v) is 11.5. The molecule has 0 saturated heterocycles. The second-order valence-corrected chi connectivity index (χ2v) is 13.4. The number of aryl methyl sites for hydroxylation is 2. The molecule has 0 aromatic carbocycles. The van der Waals surface area contributed by atoms with E-state index in [4.69, 9.17) is 37.9 Å². The van der Waals surface area contributed by atoms with E-state index in [1.165, 1.54) is 0 Å². The van der Waals surface area contributed by atoms with Crippen LogP contribution in [-0.4, -0.2) is 52.9 Å². The van der Waals surface area contributed by atoms with Gasteiger partial charge in [-0.15, -0.1) is 45.3 Å². The third-order valence-electron chi connectivity index (χ3n) is 6.54. The first-order valence-corrected chi connectivity index (χ1v) is 15.6. The Hall–Kier alpha value is -2.80. The second kappa shape index (κ2) is 8.87. The van der Waals surface area contributed by atoms with Gasteiger partial charge in [-0.05, 0) is 13.8 Å². The SMILES string of the molecule is Cc1sc(-c2sc(-c3sc(-c4sc(C)c5c4OCCO5)c4c3OCCO4)c3c2OCCO3)c2c1OCCO2. The molecule has 198 valence electrons. The maximum absolute atomic E-state index is 6.25. The molecule has 0 fully saturated rings. The van der Waals surface area contributed by atoms with Gasteiger partial charge in [0.05, 0.1) is 29.3 Å². The van der Waals surface area contributed by atoms with Crippen molar-refractivity contribution in [1.82, 2.24) is 0 Å². The van der Waals surface area contributed by atoms with Crippen LogP contribution in [0.1, 0.15) is 9.75 Å². The van der Waals surface area contributed by atoms with E-state index in [9.17, 15) is 0 Å². The van der Waals surface area contributed by atoms with Crippen molar-refractivity contribution >= 4 is 45.3 Å². The van der Waals surface area contributed by atoms with Crippen LogP contribution in [0.15, 0.2) is 0 Å². The van der Waals surface area contributed by atoms with Gasteiger partial charge in [0.25, 0.3) is 0 Å². The Bertz CT molecular complexity index is 1460. The van der Waals surface area contributed by atoms with Crippen LogP contribution in [0.5, 0.6) is 46.0 Å². The predicted molar refractivity (Wildman–Crippen MR) is 148 cm³/mol. The highest BCUT2D eigenvalue weighted by atomic mass is 32.1. The molecular weight excluding hydrogens is 569 g/mol. The van der Waals surface area contributed by atoms with Crippen LogP contribution in [-0.2, 0) is 0 Å². The van der Waals surface area contributed by atoms with E-state index in [0.29, 0.717) is 52.9 Å². The summed E-state index contributed by atoms with van der Waals surface area (Å²) in [5.41, 5.74) is 0. The summed E-state index contributed by atoms with van der Waals surface area (Å²) < 4.78 is 48.9. The van der Waals surface area contributed by atoms with Gasteiger partial charge in [-0.1, -0.05) is 0 Å². The Kier molecular flexibility index (Phi) is 5.40. The molecule has 0 bridgehead atoms. The van der Waals surface area contributed by atoms with Gasteiger partial charge < -0.3 is 37.9 Å². The Morgan fingerprint density at radius 2 is 0.526 bits per heavy atom. The second-order valence-electron chi connectivity index (χ2n) is 8.92. The van der Waals surface area contributed by atoms with E-state index in [1.54, 1.807) is 45.3 Å². The molecule has 0 N–H and O–H groups in total. The van der Waals surface area contributed by atoms with Crippen molar-refractivity contribution in [3.8, 4) is 75.3 Å². The van der Waals surface area contributed by atoms with Crippen molar-refractivity contribution in [3.05, 3.63) is 9.75 Å². The summed E-state index contributed by atoms with van der Waals surface area (Å²) in [5, 5.41) is 0. The summed E-state index contributed by atoms with van der Waals surface area (Å²) in [6.45, 7) is 8.23. The molecule has 8 rings (SSSR count). The third kappa shape index (κ3) is 3.36. The van der Waals surface area contributed by atoms with Gasteiger partial charge in [-0.25, -0.2) is 0 Å². The molecule has 8 heterocycles. The fourth-order valence-corrected chi connectivity index (χ4v) is 9.82. The van der Waals surface area contributed by atoms with Crippen molar-refractivity contribution < 1.29 is 37.9 Å². The lowest BCUT2D eigenvalue weighted by molar-refractivity contribution is 0.170. The van der Waals surface area contributed by atoms with Crippen molar-refractivity contribution in [1.29, 1.82) is 0 Å². The number of rotatable bonds is 3. The van der Waals surface area contributed by atoms with Crippen molar-refractivity contribution in [2.75, 3.05) is 52.9 Å². The number of thiophene rings is 4. The maximum Gasteiger partial charge on any atom is 0.181 e. The first-order chi connectivity index (χ1) is 18.7. The first kappa shape index (κ1) is 23.1. The zero-order valence-corrected chi connectivity index (χ0v) is 23.8. The average Bonchev–Trinajstić information content (AvgIpc) is 3.70. The highest BCUT2D eigenvalue weighted by Crippen LogP contribution is 2.65. The van der Waals surface area contributed by atoms with Gasteiger partial charge in [-0.3, -0.25) is 0 Å². The van der Waals surface area contributed by atoms with Crippen molar-refractivity contribution in [2.45, 2.75) is 13.8 Å². The van der Waals surface area contributed by atoms with Crippen LogP contribution in [0.4, 0.5) is 0 Å². The van der Waals surface area contributed by atoms with Gasteiger partial charge in [0.2, 0.25) is 0 Å². The van der Waals surface area contributed by atoms with E-state index in [2.05, 4.69) is 13.8 Å². The van der Waals surface area contributed by atoms with Gasteiger partial charge in [-0.2, -0.15) is 0 Å². The largest absolute Gasteiger partial charge is 0.485 e. The standard InChI is InChI=1S/C26H22O8S4/c1-11-13-15(29-5-3-27-13)21(35-11)23-17-19(33-9-7-31-17)25(37-23)26-20-18(32-8-10-34-20)24(38-26)22-16-14(12(2)36-22)28-4-6-30-16/h3-10H2,1-2H3. The summed E-state index contributed by atoms with van der Waals surface area (Å²) in [6, 6.07) is 0. The van der Waals surface area contributed by atoms with E-state index in [0.717, 1.165) is 85.0 Å². The summed E-state index contributed by atoms with van der Waals surface area (Å²) >= 11 is 6.57. The molecule has 8 nitrogen and oxygen atoms in total. The van der Waals surface area contributed by atoms with Crippen LogP contribution in [0.25, 0.3) is 29.3 Å². The van der Waals surface area contributed by atoms with E-state index >= 15 is 0 Å². The number of ether oxygens (including phenoxy) is 8. The van der Waals surface area contributed by atoms with Crippen LogP contribution in [0.2, 0.25) is 0 Å². The van der Waals surface area contributed by atoms with Crippen LogP contribution in [0.3, 0.4) is 0 Å². The minimum absolute atomic E-state index is 0.484. The van der Waals surface area contributed by atoms with Crippen LogP contribution < -0.4 is 37.9 Å². The molecule has 38 heavy (non-hydrogen) atoms. The Balaban J connectivity index is 1.32. The van der Waals surface area contributed by atoms with Gasteiger partial charge in [0, 0.05) is 9.75 Å². The molecule has 4 aliphatic heterocycles. The van der Waals surface area contributed by atoms with Gasteiger partial charge >= 0.3 is 0 Å². The lowest BCUT2D eigenvalue weighted by Crippen LogP contribution is -2.16. The van der Waals surface area contributed by atoms with Crippen molar-refractivity contribution in [2.24, 2.45) is 0 Å². The molecule has 0 spiro atoms. The van der Waals surface area contributed by atoms with Crippen molar-refractivity contribution in [3.63, 3.8) is 0 Å². The summed E-state index contributed by atoms with van der Waals surface area (Å²) in [4.78, 5) is 8.07. The maximum atomic E-state index is 6.25. The normalized spacial score (nSPS) is 17.0. The van der Waals surface area contributed by atoms with E-state index in [1.807, 2.05) is 0 Å². The van der Waals surface area contributed by atoms with Crippen LogP contribution >= 0.6 is 45.3 Å². The lowest BCUT2D eigenvalue weighted by atomic mass is 10.2. The Labute approximate surface area is 234 Å². The Morgan fingerprint density at radius 1 is 0.316 bits per heavy atom. The Morgan fingerprint density at radius 3 is 0.816 bits per heavy atom. The number of hydrogen-bond donors (Lipinski definition) is 0. The minimum atomic E-state index is 0.484. The molecule has 12 heteroatoms. The quantitative estimate of drug-likeness (QED) is 0.263. The monoisotopic (exact) mass is 590 g/mol. The molecule has 0 saturated carbocycles. The van der Waals surface area contributed by atoms with E-state index in [-0.39, 0.29) is 0 Å². The number of hydrogen-bond acceptors (Lipinski definition) is 12.